The Morgan fingerprint density at radius 1 is 1.12 bits per heavy atom. The Morgan fingerprint density at radius 2 is 1.76 bits per heavy atom. The number of aliphatic hydroxyl groups is 1. The van der Waals surface area contributed by atoms with Gasteiger partial charge in [0.1, 0.15) is 5.75 Å². The number of methoxy groups -OCH3 is 1. The zero-order valence-electron chi connectivity index (χ0n) is 14.6. The highest BCUT2D eigenvalue weighted by Gasteiger charge is 2.44. The van der Waals surface area contributed by atoms with Gasteiger partial charge in [-0.3, -0.25) is 0 Å². The number of para-hydroxylation sites is 1. The van der Waals surface area contributed by atoms with Crippen LogP contribution < -0.4 is 4.74 Å². The molecule has 1 aliphatic heterocycles. The summed E-state index contributed by atoms with van der Waals surface area (Å²) < 4.78 is 33.1. The minimum absolute atomic E-state index is 0.187. The number of rotatable bonds is 4. The van der Waals surface area contributed by atoms with Gasteiger partial charge >= 0.3 is 0 Å². The minimum Gasteiger partial charge on any atom is -0.496 e. The number of hydrogen-bond donors (Lipinski definition) is 1. The first kappa shape index (κ1) is 17.9. The normalized spacial score (nSPS) is 22.6. The van der Waals surface area contributed by atoms with E-state index in [2.05, 4.69) is 0 Å². The van der Waals surface area contributed by atoms with Crippen LogP contribution in [-0.4, -0.2) is 37.0 Å². The molecule has 0 saturated heterocycles. The van der Waals surface area contributed by atoms with Gasteiger partial charge in [-0.1, -0.05) is 36.4 Å². The second-order valence-corrected chi connectivity index (χ2v) is 8.31. The molecule has 6 heteroatoms. The van der Waals surface area contributed by atoms with E-state index in [0.717, 1.165) is 5.56 Å². The Kier molecular flexibility index (Phi) is 4.86. The molecule has 25 heavy (non-hydrogen) atoms. The van der Waals surface area contributed by atoms with Gasteiger partial charge in [-0.25, -0.2) is 8.42 Å². The maximum atomic E-state index is 13.1. The second kappa shape index (κ2) is 6.78. The van der Waals surface area contributed by atoms with E-state index in [0.29, 0.717) is 17.7 Å². The molecule has 0 saturated carbocycles. The molecular weight excluding hydrogens is 338 g/mol. The van der Waals surface area contributed by atoms with Gasteiger partial charge in [0.05, 0.1) is 24.2 Å². The van der Waals surface area contributed by atoms with Gasteiger partial charge in [-0.2, -0.15) is 4.31 Å². The van der Waals surface area contributed by atoms with Crippen LogP contribution in [0.1, 0.15) is 31.1 Å². The number of aliphatic hydroxyl groups excluding tert-OH is 1. The molecule has 2 aromatic rings. The zero-order valence-corrected chi connectivity index (χ0v) is 15.4. The van der Waals surface area contributed by atoms with Crippen LogP contribution in [0.5, 0.6) is 5.75 Å². The van der Waals surface area contributed by atoms with Crippen LogP contribution in [0.3, 0.4) is 0 Å². The first-order valence-corrected chi connectivity index (χ1v) is 9.74. The van der Waals surface area contributed by atoms with Crippen LogP contribution in [0.15, 0.2) is 53.4 Å². The van der Waals surface area contributed by atoms with E-state index in [9.17, 15) is 13.5 Å². The number of fused-ring (bicyclic) bond motifs is 1. The summed E-state index contributed by atoms with van der Waals surface area (Å²) in [6.07, 6.45) is -0.524. The van der Waals surface area contributed by atoms with Crippen molar-refractivity contribution in [2.45, 2.75) is 43.4 Å². The number of hydrogen-bond acceptors (Lipinski definition) is 4. The zero-order chi connectivity index (χ0) is 18.2. The van der Waals surface area contributed by atoms with Crippen molar-refractivity contribution >= 4 is 10.0 Å². The highest BCUT2D eigenvalue weighted by molar-refractivity contribution is 7.89. The lowest BCUT2D eigenvalue weighted by molar-refractivity contribution is 0.0682. The molecule has 0 amide bonds. The summed E-state index contributed by atoms with van der Waals surface area (Å²) in [5.74, 6) is 0.690. The van der Waals surface area contributed by atoms with Crippen LogP contribution in [0.2, 0.25) is 0 Å². The average molecular weight is 361 g/mol. The van der Waals surface area contributed by atoms with E-state index < -0.39 is 22.2 Å². The predicted octanol–water partition coefficient (Wildman–Crippen LogP) is 2.75. The van der Waals surface area contributed by atoms with E-state index >= 15 is 0 Å². The maximum absolute atomic E-state index is 13.1. The van der Waals surface area contributed by atoms with Crippen molar-refractivity contribution in [3.63, 3.8) is 0 Å². The third kappa shape index (κ3) is 3.05. The Labute approximate surface area is 148 Å². The molecule has 1 heterocycles. The van der Waals surface area contributed by atoms with E-state index in [1.807, 2.05) is 38.1 Å². The van der Waals surface area contributed by atoms with Crippen molar-refractivity contribution < 1.29 is 18.3 Å². The van der Waals surface area contributed by atoms with Gasteiger partial charge < -0.3 is 9.84 Å². The molecule has 134 valence electrons. The van der Waals surface area contributed by atoms with Crippen LogP contribution in [0.4, 0.5) is 0 Å². The van der Waals surface area contributed by atoms with E-state index in [-0.39, 0.29) is 10.9 Å². The molecule has 1 aliphatic rings. The Bertz CT molecular complexity index is 863. The molecule has 0 radical (unpaired) electrons. The van der Waals surface area contributed by atoms with Gasteiger partial charge in [-0.15, -0.1) is 0 Å². The van der Waals surface area contributed by atoms with Crippen molar-refractivity contribution in [2.24, 2.45) is 0 Å². The monoisotopic (exact) mass is 361 g/mol. The topological polar surface area (TPSA) is 66.8 Å². The quantitative estimate of drug-likeness (QED) is 0.909. The van der Waals surface area contributed by atoms with Gasteiger partial charge in [0.25, 0.3) is 0 Å². The van der Waals surface area contributed by atoms with Crippen molar-refractivity contribution in [1.82, 2.24) is 4.31 Å². The van der Waals surface area contributed by atoms with Crippen molar-refractivity contribution in [3.8, 4) is 5.75 Å². The lowest BCUT2D eigenvalue weighted by Crippen LogP contribution is -2.52. The van der Waals surface area contributed by atoms with E-state index in [1.54, 1.807) is 31.4 Å². The van der Waals surface area contributed by atoms with Crippen molar-refractivity contribution in [1.29, 1.82) is 0 Å². The third-order valence-electron chi connectivity index (χ3n) is 4.61. The first-order valence-electron chi connectivity index (χ1n) is 8.30. The van der Waals surface area contributed by atoms with Crippen LogP contribution in [0, 0.1) is 0 Å². The predicted molar refractivity (Wildman–Crippen MR) is 96.0 cm³/mol. The number of benzene rings is 2. The fourth-order valence-electron chi connectivity index (χ4n) is 3.56. The van der Waals surface area contributed by atoms with Crippen molar-refractivity contribution in [3.05, 3.63) is 59.7 Å². The fraction of sp³-hybridized carbons (Fsp3) is 0.368. The molecule has 0 spiro atoms. The summed E-state index contributed by atoms with van der Waals surface area (Å²) >= 11 is 0. The summed E-state index contributed by atoms with van der Waals surface area (Å²) in [6, 6.07) is 13.3. The summed E-state index contributed by atoms with van der Waals surface area (Å²) in [6.45, 7) is 3.65. The van der Waals surface area contributed by atoms with Gasteiger partial charge in [-0.05, 0) is 38.0 Å². The standard InChI is InChI=1S/C19H23NO4S/c1-13(2)20-16(12-14-8-4-6-10-17(14)24-3)19(21)15-9-5-7-11-18(15)25(20,22)23/h4-11,13,16,19,21H,12H2,1-3H3. The minimum atomic E-state index is -3.67. The third-order valence-corrected chi connectivity index (χ3v) is 6.79. The molecule has 0 bridgehead atoms. The summed E-state index contributed by atoms with van der Waals surface area (Å²) in [5, 5.41) is 11.0. The molecule has 2 atom stereocenters. The van der Waals surface area contributed by atoms with Gasteiger partial charge in [0, 0.05) is 11.6 Å². The average Bonchev–Trinajstić information content (AvgIpc) is 2.59. The summed E-state index contributed by atoms with van der Waals surface area (Å²) in [5.41, 5.74) is 1.33. The lowest BCUT2D eigenvalue weighted by Gasteiger charge is -2.41. The van der Waals surface area contributed by atoms with E-state index in [4.69, 9.17) is 4.74 Å². The van der Waals surface area contributed by atoms with Crippen molar-refractivity contribution in [2.75, 3.05) is 7.11 Å². The highest BCUT2D eigenvalue weighted by atomic mass is 32.2. The molecule has 2 aromatic carbocycles. The van der Waals surface area contributed by atoms with Gasteiger partial charge in [0.2, 0.25) is 10.0 Å². The molecule has 5 nitrogen and oxygen atoms in total. The first-order chi connectivity index (χ1) is 11.9. The van der Waals surface area contributed by atoms with Crippen LogP contribution >= 0.6 is 0 Å². The molecule has 2 unspecified atom stereocenters. The molecule has 0 aliphatic carbocycles. The maximum Gasteiger partial charge on any atom is 0.244 e. The molecule has 3 rings (SSSR count). The lowest BCUT2D eigenvalue weighted by atomic mass is 9.94. The van der Waals surface area contributed by atoms with Crippen LogP contribution in [0.25, 0.3) is 0 Å². The number of sulfonamides is 1. The Morgan fingerprint density at radius 3 is 2.44 bits per heavy atom. The number of nitrogens with zero attached hydrogens (tertiary/aromatic N) is 1. The summed E-state index contributed by atoms with van der Waals surface area (Å²) in [4.78, 5) is 0.187. The molecule has 0 fully saturated rings. The molecule has 0 aromatic heterocycles. The van der Waals surface area contributed by atoms with E-state index in [1.165, 1.54) is 4.31 Å². The van der Waals surface area contributed by atoms with Gasteiger partial charge in [0.15, 0.2) is 0 Å². The Hall–Kier alpha value is -1.89. The van der Waals surface area contributed by atoms with Crippen LogP contribution in [-0.2, 0) is 16.4 Å². The molecule has 1 N–H and O–H groups in total. The molecular formula is C19H23NO4S. The smallest absolute Gasteiger partial charge is 0.244 e. The largest absolute Gasteiger partial charge is 0.496 e. The second-order valence-electron chi connectivity index (χ2n) is 6.49. The summed E-state index contributed by atoms with van der Waals surface area (Å²) in [7, 11) is -2.09. The highest BCUT2D eigenvalue weighted by Crippen LogP contribution is 2.39. The fourth-order valence-corrected chi connectivity index (χ4v) is 5.62. The number of ether oxygens (including phenoxy) is 1. The Balaban J connectivity index is 2.11. The SMILES string of the molecule is COc1ccccc1CC1C(O)c2ccccc2S(=O)(=O)N1C(C)C.